The lowest BCUT2D eigenvalue weighted by Crippen LogP contribution is -2.19. The molecule has 5 heteroatoms. The van der Waals surface area contributed by atoms with E-state index < -0.39 is 9.84 Å². The summed E-state index contributed by atoms with van der Waals surface area (Å²) in [6.07, 6.45) is 1.88. The molecule has 0 radical (unpaired) electrons. The molecule has 124 valence electrons. The molecule has 1 saturated heterocycles. The Hall–Kier alpha value is -2.40. The summed E-state index contributed by atoms with van der Waals surface area (Å²) in [4.78, 5) is 14.5. The van der Waals surface area contributed by atoms with E-state index in [1.807, 2.05) is 30.3 Å². The number of sulfone groups is 1. The molecule has 0 spiro atoms. The van der Waals surface area contributed by atoms with Gasteiger partial charge in [-0.2, -0.15) is 0 Å². The van der Waals surface area contributed by atoms with Gasteiger partial charge in [0, 0.05) is 25.4 Å². The van der Waals surface area contributed by atoms with Gasteiger partial charge in [0.1, 0.15) is 0 Å². The van der Waals surface area contributed by atoms with Crippen LogP contribution in [0, 0.1) is 0 Å². The molecule has 3 rings (SSSR count). The number of nitrogens with zero attached hydrogens (tertiary/aromatic N) is 1. The van der Waals surface area contributed by atoms with Crippen LogP contribution in [0.1, 0.15) is 17.5 Å². The minimum Gasteiger partial charge on any atom is -0.342 e. The molecule has 1 heterocycles. The molecule has 0 aliphatic carbocycles. The van der Waals surface area contributed by atoms with Gasteiger partial charge >= 0.3 is 0 Å². The maximum atomic E-state index is 12.5. The summed E-state index contributed by atoms with van der Waals surface area (Å²) < 4.78 is 23.3. The Labute approximate surface area is 142 Å². The Morgan fingerprint density at radius 1 is 0.958 bits per heavy atom. The molecule has 1 aliphatic heterocycles. The lowest BCUT2D eigenvalue weighted by atomic mass is 9.92. The van der Waals surface area contributed by atoms with E-state index in [2.05, 4.69) is 0 Å². The number of hydrogen-bond donors (Lipinski definition) is 0. The highest BCUT2D eigenvalue weighted by Crippen LogP contribution is 2.32. The van der Waals surface area contributed by atoms with Gasteiger partial charge in [-0.05, 0) is 35.3 Å². The number of rotatable bonds is 3. The first kappa shape index (κ1) is 16.5. The standard InChI is InChI=1S/C19H19NO3S/c1-20-13-12-17(19(20)21)18(14-6-4-3-5-7-14)15-8-10-16(11-9-15)24(2,22)23/h3-11H,12-13H2,1-2H3/b18-17+. The van der Waals surface area contributed by atoms with Gasteiger partial charge in [0.2, 0.25) is 5.91 Å². The first-order valence-electron chi connectivity index (χ1n) is 7.72. The smallest absolute Gasteiger partial charge is 0.250 e. The first-order chi connectivity index (χ1) is 11.4. The molecule has 0 saturated carbocycles. The van der Waals surface area contributed by atoms with E-state index in [0.717, 1.165) is 22.3 Å². The lowest BCUT2D eigenvalue weighted by molar-refractivity contribution is -0.123. The number of likely N-dealkylation sites (tertiary alicyclic amines) is 1. The topological polar surface area (TPSA) is 54.5 Å². The summed E-state index contributed by atoms with van der Waals surface area (Å²) in [6, 6.07) is 16.5. The van der Waals surface area contributed by atoms with E-state index in [1.165, 1.54) is 6.26 Å². The van der Waals surface area contributed by atoms with Gasteiger partial charge < -0.3 is 4.90 Å². The van der Waals surface area contributed by atoms with E-state index in [1.54, 1.807) is 36.2 Å². The van der Waals surface area contributed by atoms with Gasteiger partial charge in [0.05, 0.1) is 4.90 Å². The van der Waals surface area contributed by atoms with Crippen molar-refractivity contribution in [3.63, 3.8) is 0 Å². The van der Waals surface area contributed by atoms with Crippen LogP contribution in [0.5, 0.6) is 0 Å². The second-order valence-corrected chi connectivity index (χ2v) is 8.01. The molecule has 0 N–H and O–H groups in total. The molecule has 1 aliphatic rings. The minimum absolute atomic E-state index is 0.0287. The van der Waals surface area contributed by atoms with Gasteiger partial charge in [-0.3, -0.25) is 4.79 Å². The Morgan fingerprint density at radius 3 is 2.04 bits per heavy atom. The quantitative estimate of drug-likeness (QED) is 0.807. The third kappa shape index (κ3) is 3.12. The predicted octanol–water partition coefficient (Wildman–Crippen LogP) is 2.75. The Bertz CT molecular complexity index is 897. The van der Waals surface area contributed by atoms with Gasteiger partial charge in [-0.15, -0.1) is 0 Å². The fourth-order valence-corrected chi connectivity index (χ4v) is 3.57. The highest BCUT2D eigenvalue weighted by molar-refractivity contribution is 7.90. The largest absolute Gasteiger partial charge is 0.342 e. The number of carbonyl (C=O) groups excluding carboxylic acids is 1. The van der Waals surface area contributed by atoms with Crippen molar-refractivity contribution in [1.82, 2.24) is 4.90 Å². The number of amides is 1. The molecule has 2 aromatic carbocycles. The highest BCUT2D eigenvalue weighted by atomic mass is 32.2. The fraction of sp³-hybridized carbons (Fsp3) is 0.211. The molecule has 1 amide bonds. The lowest BCUT2D eigenvalue weighted by Gasteiger charge is -2.13. The Morgan fingerprint density at radius 2 is 1.54 bits per heavy atom. The van der Waals surface area contributed by atoms with Crippen molar-refractivity contribution >= 4 is 21.3 Å². The van der Waals surface area contributed by atoms with Crippen molar-refractivity contribution in [2.45, 2.75) is 11.3 Å². The second-order valence-electron chi connectivity index (χ2n) is 5.99. The van der Waals surface area contributed by atoms with Crippen LogP contribution < -0.4 is 0 Å². The highest BCUT2D eigenvalue weighted by Gasteiger charge is 2.27. The molecule has 2 aromatic rings. The predicted molar refractivity (Wildman–Crippen MR) is 94.3 cm³/mol. The number of benzene rings is 2. The van der Waals surface area contributed by atoms with Crippen molar-refractivity contribution in [1.29, 1.82) is 0 Å². The number of carbonyl (C=O) groups is 1. The van der Waals surface area contributed by atoms with E-state index in [0.29, 0.717) is 13.0 Å². The maximum Gasteiger partial charge on any atom is 0.250 e. The monoisotopic (exact) mass is 341 g/mol. The summed E-state index contributed by atoms with van der Waals surface area (Å²) in [5.41, 5.74) is 3.47. The molecule has 4 nitrogen and oxygen atoms in total. The third-order valence-corrected chi connectivity index (χ3v) is 5.37. The maximum absolute atomic E-state index is 12.5. The van der Waals surface area contributed by atoms with Crippen LogP contribution in [0.4, 0.5) is 0 Å². The van der Waals surface area contributed by atoms with Crippen LogP contribution in [0.25, 0.3) is 5.57 Å². The van der Waals surface area contributed by atoms with Crippen LogP contribution in [0.3, 0.4) is 0 Å². The zero-order chi connectivity index (χ0) is 17.3. The van der Waals surface area contributed by atoms with E-state index in [9.17, 15) is 13.2 Å². The van der Waals surface area contributed by atoms with Crippen LogP contribution in [-0.2, 0) is 14.6 Å². The van der Waals surface area contributed by atoms with Crippen molar-refractivity contribution in [3.8, 4) is 0 Å². The molecular formula is C19H19NO3S. The molecular weight excluding hydrogens is 322 g/mol. The second kappa shape index (κ2) is 6.24. The molecule has 0 aromatic heterocycles. The van der Waals surface area contributed by atoms with E-state index >= 15 is 0 Å². The SMILES string of the molecule is CN1CC/C(=C(/c2ccccc2)c2ccc(S(C)(=O)=O)cc2)C1=O. The van der Waals surface area contributed by atoms with Crippen molar-refractivity contribution < 1.29 is 13.2 Å². The normalized spacial score (nSPS) is 17.2. The van der Waals surface area contributed by atoms with E-state index in [-0.39, 0.29) is 10.8 Å². The van der Waals surface area contributed by atoms with Crippen LogP contribution in [0.2, 0.25) is 0 Å². The zero-order valence-electron chi connectivity index (χ0n) is 13.7. The van der Waals surface area contributed by atoms with Crippen LogP contribution in [-0.4, -0.2) is 39.1 Å². The summed E-state index contributed by atoms with van der Waals surface area (Å²) in [6.45, 7) is 0.700. The Balaban J connectivity index is 2.17. The third-order valence-electron chi connectivity index (χ3n) is 4.24. The molecule has 24 heavy (non-hydrogen) atoms. The average molecular weight is 341 g/mol. The van der Waals surface area contributed by atoms with Crippen molar-refractivity contribution in [3.05, 3.63) is 71.3 Å². The molecule has 0 unspecified atom stereocenters. The van der Waals surface area contributed by atoms with Crippen LogP contribution >= 0.6 is 0 Å². The molecule has 0 bridgehead atoms. The number of hydrogen-bond acceptors (Lipinski definition) is 3. The summed E-state index contributed by atoms with van der Waals surface area (Å²) >= 11 is 0. The van der Waals surface area contributed by atoms with Gasteiger partial charge in [0.15, 0.2) is 9.84 Å². The van der Waals surface area contributed by atoms with Gasteiger partial charge in [-0.1, -0.05) is 42.5 Å². The molecule has 0 atom stereocenters. The minimum atomic E-state index is -3.24. The first-order valence-corrected chi connectivity index (χ1v) is 9.61. The van der Waals surface area contributed by atoms with Crippen molar-refractivity contribution in [2.75, 3.05) is 19.8 Å². The van der Waals surface area contributed by atoms with Gasteiger partial charge in [0.25, 0.3) is 0 Å². The zero-order valence-corrected chi connectivity index (χ0v) is 14.5. The molecule has 1 fully saturated rings. The van der Waals surface area contributed by atoms with Crippen LogP contribution in [0.15, 0.2) is 65.1 Å². The van der Waals surface area contributed by atoms with Gasteiger partial charge in [-0.25, -0.2) is 8.42 Å². The fourth-order valence-electron chi connectivity index (χ4n) is 2.94. The van der Waals surface area contributed by atoms with E-state index in [4.69, 9.17) is 0 Å². The Kier molecular flexibility index (Phi) is 4.28. The number of likely N-dealkylation sites (N-methyl/N-ethyl adjacent to an activating group) is 1. The summed E-state index contributed by atoms with van der Waals surface area (Å²) in [7, 11) is -1.44. The summed E-state index contributed by atoms with van der Waals surface area (Å²) in [5.74, 6) is 0.0287. The summed E-state index contributed by atoms with van der Waals surface area (Å²) in [5, 5.41) is 0. The van der Waals surface area contributed by atoms with Crippen molar-refractivity contribution in [2.24, 2.45) is 0 Å². The average Bonchev–Trinajstić information content (AvgIpc) is 2.88.